The highest BCUT2D eigenvalue weighted by molar-refractivity contribution is 6.33. The zero-order valence-corrected chi connectivity index (χ0v) is 12.3. The van der Waals surface area contributed by atoms with Gasteiger partial charge in [-0.25, -0.2) is 0 Å². The first-order valence-electron chi connectivity index (χ1n) is 7.05. The third kappa shape index (κ3) is 2.35. The standard InChI is InChI=1S/C17H19OSi/c1-17(18,14-4-2-3-5-14)15-8-6-13-11-16(19)9-7-12(13)10-15/h6-11,14,18H,2-5H2,1H3. The molecule has 1 unspecified atom stereocenters. The summed E-state index contributed by atoms with van der Waals surface area (Å²) < 4.78 is 0. The lowest BCUT2D eigenvalue weighted by molar-refractivity contribution is -0.00320. The van der Waals surface area contributed by atoms with Gasteiger partial charge in [0.25, 0.3) is 0 Å². The van der Waals surface area contributed by atoms with Gasteiger partial charge in [-0.15, -0.1) is 0 Å². The van der Waals surface area contributed by atoms with Gasteiger partial charge in [0.05, 0.1) is 15.8 Å². The predicted molar refractivity (Wildman–Crippen MR) is 80.9 cm³/mol. The van der Waals surface area contributed by atoms with E-state index in [0.717, 1.165) is 23.6 Å². The summed E-state index contributed by atoms with van der Waals surface area (Å²) in [5.74, 6) is 0.403. The first-order valence-corrected chi connectivity index (χ1v) is 7.55. The highest BCUT2D eigenvalue weighted by Crippen LogP contribution is 2.40. The van der Waals surface area contributed by atoms with Crippen molar-refractivity contribution in [1.82, 2.24) is 0 Å². The van der Waals surface area contributed by atoms with Crippen molar-refractivity contribution in [2.45, 2.75) is 38.2 Å². The quantitative estimate of drug-likeness (QED) is 0.829. The summed E-state index contributed by atoms with van der Waals surface area (Å²) in [6, 6.07) is 12.6. The summed E-state index contributed by atoms with van der Waals surface area (Å²) in [7, 11) is 3.55. The lowest BCUT2D eigenvalue weighted by atomic mass is 9.81. The molecule has 0 bridgehead atoms. The van der Waals surface area contributed by atoms with E-state index in [4.69, 9.17) is 0 Å². The molecule has 0 spiro atoms. The van der Waals surface area contributed by atoms with Crippen LogP contribution in [-0.2, 0) is 5.60 Å². The van der Waals surface area contributed by atoms with Crippen LogP contribution in [0.25, 0.3) is 10.8 Å². The Bertz CT molecular complexity index is 597. The Balaban J connectivity index is 2.02. The Morgan fingerprint density at radius 2 is 1.68 bits per heavy atom. The minimum atomic E-state index is -0.697. The summed E-state index contributed by atoms with van der Waals surface area (Å²) >= 11 is 0. The average molecular weight is 267 g/mol. The molecule has 3 radical (unpaired) electrons. The molecular weight excluding hydrogens is 248 g/mol. The van der Waals surface area contributed by atoms with Gasteiger partial charge in [-0.05, 0) is 48.1 Å². The third-order valence-corrected chi connectivity index (χ3v) is 4.89. The first-order chi connectivity index (χ1) is 9.07. The summed E-state index contributed by atoms with van der Waals surface area (Å²) in [6.07, 6.45) is 4.79. The first kappa shape index (κ1) is 12.9. The van der Waals surface area contributed by atoms with Crippen LogP contribution in [0, 0.1) is 5.92 Å². The van der Waals surface area contributed by atoms with Crippen LogP contribution >= 0.6 is 0 Å². The number of hydrogen-bond donors (Lipinski definition) is 1. The van der Waals surface area contributed by atoms with Crippen LogP contribution in [0.5, 0.6) is 0 Å². The van der Waals surface area contributed by atoms with Gasteiger partial charge in [-0.3, -0.25) is 0 Å². The zero-order valence-electron chi connectivity index (χ0n) is 11.3. The molecule has 1 aliphatic rings. The van der Waals surface area contributed by atoms with E-state index in [9.17, 15) is 5.11 Å². The Kier molecular flexibility index (Phi) is 3.23. The van der Waals surface area contributed by atoms with Crippen LogP contribution in [0.15, 0.2) is 36.4 Å². The van der Waals surface area contributed by atoms with Crippen molar-refractivity contribution in [3.8, 4) is 0 Å². The van der Waals surface area contributed by atoms with Crippen LogP contribution in [0.1, 0.15) is 38.2 Å². The Morgan fingerprint density at radius 1 is 1.05 bits per heavy atom. The molecular formula is C17H19OSi. The van der Waals surface area contributed by atoms with Crippen LogP contribution in [-0.4, -0.2) is 15.3 Å². The van der Waals surface area contributed by atoms with Crippen molar-refractivity contribution >= 4 is 26.2 Å². The molecule has 19 heavy (non-hydrogen) atoms. The fourth-order valence-corrected chi connectivity index (χ4v) is 3.52. The fraction of sp³-hybridized carbons (Fsp3) is 0.412. The van der Waals surface area contributed by atoms with E-state index in [1.54, 1.807) is 0 Å². The minimum Gasteiger partial charge on any atom is -0.385 e. The number of aliphatic hydroxyl groups is 1. The van der Waals surface area contributed by atoms with E-state index in [0.29, 0.717) is 5.92 Å². The molecule has 3 rings (SSSR count). The van der Waals surface area contributed by atoms with Crippen molar-refractivity contribution < 1.29 is 5.11 Å². The fourth-order valence-electron chi connectivity index (χ4n) is 3.28. The van der Waals surface area contributed by atoms with E-state index < -0.39 is 5.60 Å². The minimum absolute atomic E-state index is 0.403. The van der Waals surface area contributed by atoms with Gasteiger partial charge >= 0.3 is 0 Å². The molecule has 0 heterocycles. The molecule has 2 heteroatoms. The van der Waals surface area contributed by atoms with Crippen LogP contribution in [0.4, 0.5) is 0 Å². The van der Waals surface area contributed by atoms with Gasteiger partial charge in [-0.1, -0.05) is 48.4 Å². The van der Waals surface area contributed by atoms with Crippen molar-refractivity contribution in [1.29, 1.82) is 0 Å². The largest absolute Gasteiger partial charge is 0.385 e. The van der Waals surface area contributed by atoms with Crippen LogP contribution in [0.2, 0.25) is 0 Å². The van der Waals surface area contributed by atoms with Crippen molar-refractivity contribution in [3.63, 3.8) is 0 Å². The van der Waals surface area contributed by atoms with E-state index in [1.807, 2.05) is 13.0 Å². The zero-order chi connectivity index (χ0) is 13.5. The second kappa shape index (κ2) is 4.77. The third-order valence-electron chi connectivity index (χ3n) is 4.57. The molecule has 2 aromatic carbocycles. The van der Waals surface area contributed by atoms with Gasteiger partial charge < -0.3 is 5.11 Å². The van der Waals surface area contributed by atoms with Crippen LogP contribution < -0.4 is 5.19 Å². The smallest absolute Gasteiger partial charge is 0.0896 e. The lowest BCUT2D eigenvalue weighted by Gasteiger charge is -2.31. The topological polar surface area (TPSA) is 20.2 Å². The molecule has 2 aromatic rings. The molecule has 1 aliphatic carbocycles. The van der Waals surface area contributed by atoms with E-state index in [2.05, 4.69) is 40.6 Å². The Labute approximate surface area is 118 Å². The summed E-state index contributed by atoms with van der Waals surface area (Å²) in [6.45, 7) is 1.97. The van der Waals surface area contributed by atoms with Gasteiger partial charge in [0.15, 0.2) is 0 Å². The highest BCUT2D eigenvalue weighted by atomic mass is 28.1. The van der Waals surface area contributed by atoms with Gasteiger partial charge in [-0.2, -0.15) is 0 Å². The second-order valence-corrected chi connectivity index (χ2v) is 6.48. The molecule has 1 saturated carbocycles. The monoisotopic (exact) mass is 267 g/mol. The van der Waals surface area contributed by atoms with Crippen molar-refractivity contribution in [3.05, 3.63) is 42.0 Å². The maximum absolute atomic E-state index is 10.9. The number of fused-ring (bicyclic) bond motifs is 1. The summed E-state index contributed by atoms with van der Waals surface area (Å²) in [4.78, 5) is 0. The SMILES string of the molecule is CC(O)(c1ccc2cc([Si])ccc2c1)C1CCCC1. The van der Waals surface area contributed by atoms with Gasteiger partial charge in [0.2, 0.25) is 0 Å². The molecule has 0 aliphatic heterocycles. The maximum Gasteiger partial charge on any atom is 0.0896 e. The Morgan fingerprint density at radius 3 is 2.42 bits per heavy atom. The predicted octanol–water partition coefficient (Wildman–Crippen LogP) is 3.03. The molecule has 1 fully saturated rings. The molecule has 1 atom stereocenters. The van der Waals surface area contributed by atoms with Crippen molar-refractivity contribution in [2.75, 3.05) is 0 Å². The number of rotatable bonds is 2. The van der Waals surface area contributed by atoms with Crippen molar-refractivity contribution in [2.24, 2.45) is 5.92 Å². The second-order valence-electron chi connectivity index (χ2n) is 5.91. The summed E-state index contributed by atoms with van der Waals surface area (Å²) in [5, 5.41) is 14.4. The number of benzene rings is 2. The number of hydrogen-bond acceptors (Lipinski definition) is 1. The highest BCUT2D eigenvalue weighted by Gasteiger charge is 2.35. The lowest BCUT2D eigenvalue weighted by Crippen LogP contribution is -2.29. The van der Waals surface area contributed by atoms with Crippen LogP contribution in [0.3, 0.4) is 0 Å². The van der Waals surface area contributed by atoms with E-state index in [1.165, 1.54) is 23.6 Å². The molecule has 1 N–H and O–H groups in total. The maximum atomic E-state index is 10.9. The molecule has 1 nitrogen and oxygen atoms in total. The van der Waals surface area contributed by atoms with Gasteiger partial charge in [0, 0.05) is 0 Å². The summed E-state index contributed by atoms with van der Waals surface area (Å²) in [5.41, 5.74) is 0.353. The normalized spacial score (nSPS) is 19.7. The molecule has 0 amide bonds. The Hall–Kier alpha value is -1.12. The average Bonchev–Trinajstić information content (AvgIpc) is 2.92. The van der Waals surface area contributed by atoms with E-state index >= 15 is 0 Å². The molecule has 97 valence electrons. The molecule has 0 saturated heterocycles. The van der Waals surface area contributed by atoms with E-state index in [-0.39, 0.29) is 0 Å². The van der Waals surface area contributed by atoms with Gasteiger partial charge in [0.1, 0.15) is 0 Å². The molecule has 0 aromatic heterocycles.